The molecule has 0 atom stereocenters. The van der Waals surface area contributed by atoms with Crippen molar-refractivity contribution in [3.8, 4) is 0 Å². The van der Waals surface area contributed by atoms with Crippen LogP contribution < -0.4 is 0 Å². The second-order valence-corrected chi connectivity index (χ2v) is 5.15. The molecule has 3 heteroatoms. The van der Waals surface area contributed by atoms with E-state index in [1.54, 1.807) is 6.92 Å². The van der Waals surface area contributed by atoms with Crippen LogP contribution in [0.1, 0.15) is 33.1 Å². The fraction of sp³-hybridized carbons (Fsp3) is 0.875. The first-order chi connectivity index (χ1) is 5.27. The van der Waals surface area contributed by atoms with Gasteiger partial charge < -0.3 is 0 Å². The molecule has 66 valence electrons. The fourth-order valence-electron chi connectivity index (χ4n) is 0.507. The monoisotopic (exact) mass is 192 g/mol. The van der Waals surface area contributed by atoms with Crippen LogP contribution in [0, 0.1) is 0 Å². The summed E-state index contributed by atoms with van der Waals surface area (Å²) in [5, 5.41) is 0. The van der Waals surface area contributed by atoms with E-state index in [1.807, 2.05) is 21.6 Å². The highest BCUT2D eigenvalue weighted by Crippen LogP contribution is 2.22. The van der Waals surface area contributed by atoms with Gasteiger partial charge in [0.2, 0.25) is 0 Å². The molecule has 0 aliphatic carbocycles. The molecule has 0 rings (SSSR count). The van der Waals surface area contributed by atoms with Crippen LogP contribution in [0.3, 0.4) is 0 Å². The fourth-order valence-corrected chi connectivity index (χ4v) is 2.83. The highest BCUT2D eigenvalue weighted by atomic mass is 33.1. The molecule has 0 unspecified atom stereocenters. The lowest BCUT2D eigenvalue weighted by Crippen LogP contribution is -1.90. The number of rotatable bonds is 7. The molecule has 0 aliphatic rings. The Hall–Kier alpha value is 0.370. The maximum absolute atomic E-state index is 10.5. The van der Waals surface area contributed by atoms with Crippen molar-refractivity contribution in [1.82, 2.24) is 0 Å². The Morgan fingerprint density at radius 2 is 1.91 bits per heavy atom. The summed E-state index contributed by atoms with van der Waals surface area (Å²) in [6.45, 7) is 3.85. The third-order valence-electron chi connectivity index (χ3n) is 1.20. The standard InChI is InChI=1S/C8H16OS2/c1-3-4-6-10-11-7-5-8(2)9/h3-7H2,1-2H3. The zero-order valence-corrected chi connectivity index (χ0v) is 8.89. The summed E-state index contributed by atoms with van der Waals surface area (Å²) in [6, 6.07) is 0. The third-order valence-corrected chi connectivity index (χ3v) is 3.69. The van der Waals surface area contributed by atoms with Crippen LogP contribution in [0.2, 0.25) is 0 Å². The first kappa shape index (κ1) is 11.4. The maximum atomic E-state index is 10.5. The Balaban J connectivity index is 2.85. The maximum Gasteiger partial charge on any atom is 0.130 e. The molecule has 0 saturated carbocycles. The smallest absolute Gasteiger partial charge is 0.130 e. The first-order valence-corrected chi connectivity index (χ1v) is 6.50. The van der Waals surface area contributed by atoms with Crippen molar-refractivity contribution < 1.29 is 4.79 Å². The Kier molecular flexibility index (Phi) is 8.75. The lowest BCUT2D eigenvalue weighted by molar-refractivity contribution is -0.116. The molecular weight excluding hydrogens is 176 g/mol. The van der Waals surface area contributed by atoms with E-state index in [9.17, 15) is 4.79 Å². The van der Waals surface area contributed by atoms with Gasteiger partial charge in [0.25, 0.3) is 0 Å². The quantitative estimate of drug-likeness (QED) is 0.455. The van der Waals surface area contributed by atoms with E-state index in [1.165, 1.54) is 18.6 Å². The van der Waals surface area contributed by atoms with Gasteiger partial charge in [0, 0.05) is 17.9 Å². The van der Waals surface area contributed by atoms with Gasteiger partial charge in [-0.25, -0.2) is 0 Å². The number of hydrogen-bond donors (Lipinski definition) is 0. The van der Waals surface area contributed by atoms with Crippen LogP contribution in [-0.2, 0) is 4.79 Å². The number of Topliss-reactive ketones (excluding diaryl/α,β-unsaturated/α-hetero) is 1. The van der Waals surface area contributed by atoms with Gasteiger partial charge in [0.1, 0.15) is 5.78 Å². The van der Waals surface area contributed by atoms with Crippen LogP contribution in [0.25, 0.3) is 0 Å². The van der Waals surface area contributed by atoms with E-state index >= 15 is 0 Å². The van der Waals surface area contributed by atoms with Gasteiger partial charge in [-0.2, -0.15) is 0 Å². The first-order valence-electron chi connectivity index (χ1n) is 4.01. The molecular formula is C8H16OS2. The van der Waals surface area contributed by atoms with Gasteiger partial charge in [0.15, 0.2) is 0 Å². The zero-order chi connectivity index (χ0) is 8.53. The molecule has 0 heterocycles. The molecule has 1 nitrogen and oxygen atoms in total. The largest absolute Gasteiger partial charge is 0.300 e. The molecule has 0 aliphatic heterocycles. The van der Waals surface area contributed by atoms with Crippen molar-refractivity contribution in [3.05, 3.63) is 0 Å². The third kappa shape index (κ3) is 10.4. The van der Waals surface area contributed by atoms with Crippen LogP contribution in [0.4, 0.5) is 0 Å². The van der Waals surface area contributed by atoms with E-state index in [-0.39, 0.29) is 0 Å². The van der Waals surface area contributed by atoms with Crippen molar-refractivity contribution in [1.29, 1.82) is 0 Å². The lowest BCUT2D eigenvalue weighted by Gasteiger charge is -1.97. The summed E-state index contributed by atoms with van der Waals surface area (Å²) in [6.07, 6.45) is 3.28. The number of ketones is 1. The number of unbranched alkanes of at least 4 members (excludes halogenated alkanes) is 1. The number of carbonyl (C=O) groups is 1. The van der Waals surface area contributed by atoms with E-state index < -0.39 is 0 Å². The second-order valence-electron chi connectivity index (χ2n) is 2.45. The van der Waals surface area contributed by atoms with Crippen LogP contribution in [0.5, 0.6) is 0 Å². The van der Waals surface area contributed by atoms with Gasteiger partial charge >= 0.3 is 0 Å². The zero-order valence-electron chi connectivity index (χ0n) is 7.26. The second kappa shape index (κ2) is 8.47. The van der Waals surface area contributed by atoms with Crippen LogP contribution in [-0.4, -0.2) is 17.3 Å². The van der Waals surface area contributed by atoms with Crippen LogP contribution >= 0.6 is 21.6 Å². The molecule has 0 bridgehead atoms. The van der Waals surface area contributed by atoms with Gasteiger partial charge in [-0.3, -0.25) is 4.79 Å². The molecule has 0 saturated heterocycles. The average molecular weight is 192 g/mol. The van der Waals surface area contributed by atoms with E-state index in [0.717, 1.165) is 12.2 Å². The summed E-state index contributed by atoms with van der Waals surface area (Å²) in [4.78, 5) is 10.5. The normalized spacial score (nSPS) is 10.0. The minimum atomic E-state index is 0.300. The molecule has 0 fully saturated rings. The number of hydrogen-bond acceptors (Lipinski definition) is 3. The summed E-state index contributed by atoms with van der Waals surface area (Å²) in [5.41, 5.74) is 0. The van der Waals surface area contributed by atoms with E-state index in [0.29, 0.717) is 5.78 Å². The summed E-state index contributed by atoms with van der Waals surface area (Å²) in [5.74, 6) is 2.50. The molecule has 0 radical (unpaired) electrons. The van der Waals surface area contributed by atoms with E-state index in [4.69, 9.17) is 0 Å². The van der Waals surface area contributed by atoms with E-state index in [2.05, 4.69) is 6.92 Å². The number of carbonyl (C=O) groups excluding carboxylic acids is 1. The highest BCUT2D eigenvalue weighted by Gasteiger charge is 1.93. The Morgan fingerprint density at radius 3 is 2.45 bits per heavy atom. The molecule has 0 spiro atoms. The van der Waals surface area contributed by atoms with Gasteiger partial charge in [0.05, 0.1) is 0 Å². The molecule has 0 aromatic heterocycles. The lowest BCUT2D eigenvalue weighted by atomic mass is 10.4. The topological polar surface area (TPSA) is 17.1 Å². The Bertz CT molecular complexity index is 104. The summed E-state index contributed by atoms with van der Waals surface area (Å²) < 4.78 is 0. The SMILES string of the molecule is CCCCSSCCC(C)=O. The predicted octanol–water partition coefficient (Wildman–Crippen LogP) is 3.15. The predicted molar refractivity (Wildman–Crippen MR) is 55.1 cm³/mol. The molecule has 0 amide bonds. The Labute approximate surface area is 77.1 Å². The van der Waals surface area contributed by atoms with Crippen molar-refractivity contribution in [2.24, 2.45) is 0 Å². The van der Waals surface area contributed by atoms with Gasteiger partial charge in [-0.1, -0.05) is 34.9 Å². The van der Waals surface area contributed by atoms with Crippen LogP contribution in [0.15, 0.2) is 0 Å². The van der Waals surface area contributed by atoms with Crippen molar-refractivity contribution in [2.75, 3.05) is 11.5 Å². The van der Waals surface area contributed by atoms with Crippen molar-refractivity contribution in [2.45, 2.75) is 33.1 Å². The van der Waals surface area contributed by atoms with Gasteiger partial charge in [-0.05, 0) is 13.3 Å². The minimum Gasteiger partial charge on any atom is -0.300 e. The van der Waals surface area contributed by atoms with Gasteiger partial charge in [-0.15, -0.1) is 0 Å². The average Bonchev–Trinajstić information content (AvgIpc) is 1.96. The summed E-state index contributed by atoms with van der Waals surface area (Å²) in [7, 11) is 3.70. The highest BCUT2D eigenvalue weighted by molar-refractivity contribution is 8.76. The molecule has 0 aromatic rings. The van der Waals surface area contributed by atoms with Crippen molar-refractivity contribution >= 4 is 27.4 Å². The molecule has 0 N–H and O–H groups in total. The molecule has 11 heavy (non-hydrogen) atoms. The summed E-state index contributed by atoms with van der Waals surface area (Å²) >= 11 is 0. The van der Waals surface area contributed by atoms with Crippen molar-refractivity contribution in [3.63, 3.8) is 0 Å². The minimum absolute atomic E-state index is 0.300. The molecule has 0 aromatic carbocycles. The Morgan fingerprint density at radius 1 is 1.27 bits per heavy atom.